The Bertz CT molecular complexity index is 1400. The summed E-state index contributed by atoms with van der Waals surface area (Å²) in [5, 5.41) is 3.63. The number of hydrogen-bond acceptors (Lipinski definition) is 6. The van der Waals surface area contributed by atoms with E-state index in [2.05, 4.69) is 19.9 Å². The third kappa shape index (κ3) is 3.80. The number of benzene rings is 1. The molecule has 1 fully saturated rings. The van der Waals surface area contributed by atoms with E-state index in [0.717, 1.165) is 32.0 Å². The van der Waals surface area contributed by atoms with Gasteiger partial charge in [-0.3, -0.25) is 19.6 Å². The van der Waals surface area contributed by atoms with Crippen molar-refractivity contribution >= 4 is 16.7 Å². The molecule has 9 nitrogen and oxygen atoms in total. The van der Waals surface area contributed by atoms with Gasteiger partial charge in [0.2, 0.25) is 0 Å². The average Bonchev–Trinajstić information content (AvgIpc) is 3.18. The zero-order valence-corrected chi connectivity index (χ0v) is 18.7. The molecule has 1 aliphatic heterocycles. The highest BCUT2D eigenvalue weighted by atomic mass is 16.5. The van der Waals surface area contributed by atoms with Crippen LogP contribution < -0.4 is 20.8 Å². The van der Waals surface area contributed by atoms with Gasteiger partial charge in [-0.15, -0.1) is 0 Å². The van der Waals surface area contributed by atoms with E-state index in [1.54, 1.807) is 31.0 Å². The van der Waals surface area contributed by atoms with Crippen LogP contribution in [0, 0.1) is 0 Å². The van der Waals surface area contributed by atoms with Gasteiger partial charge in [0.25, 0.3) is 11.1 Å². The first-order chi connectivity index (χ1) is 16.1. The van der Waals surface area contributed by atoms with E-state index < -0.39 is 0 Å². The summed E-state index contributed by atoms with van der Waals surface area (Å²) in [5.41, 5.74) is 1.48. The van der Waals surface area contributed by atoms with Crippen molar-refractivity contribution in [1.29, 1.82) is 0 Å². The van der Waals surface area contributed by atoms with E-state index in [4.69, 9.17) is 4.74 Å². The molecule has 0 amide bonds. The Hall–Kier alpha value is -3.85. The summed E-state index contributed by atoms with van der Waals surface area (Å²) in [6.45, 7) is 3.80. The number of fused-ring (bicyclic) bond motifs is 1. The van der Waals surface area contributed by atoms with Gasteiger partial charge in [-0.05, 0) is 24.3 Å². The Kier molecular flexibility index (Phi) is 5.47. The summed E-state index contributed by atoms with van der Waals surface area (Å²) in [4.78, 5) is 35.1. The Balaban J connectivity index is 1.48. The molecule has 0 radical (unpaired) electrons. The SMILES string of the molecule is COc1ccccc1-n1[nH]c2cc(=O)n(C)c(CN3CCN(c4ccccn4)CC3)c2c1=O. The van der Waals surface area contributed by atoms with E-state index >= 15 is 0 Å². The fourth-order valence-corrected chi connectivity index (χ4v) is 4.42. The third-order valence-corrected chi connectivity index (χ3v) is 6.26. The monoisotopic (exact) mass is 446 g/mol. The number of nitrogens with one attached hydrogen (secondary N) is 1. The number of pyridine rings is 2. The topological polar surface area (TPSA) is 88.4 Å². The smallest absolute Gasteiger partial charge is 0.281 e. The third-order valence-electron chi connectivity index (χ3n) is 6.26. The van der Waals surface area contributed by atoms with Crippen LogP contribution in [0.25, 0.3) is 16.6 Å². The highest BCUT2D eigenvalue weighted by Gasteiger charge is 2.23. The molecular weight excluding hydrogens is 420 g/mol. The number of ether oxygens (including phenoxy) is 1. The van der Waals surface area contributed by atoms with Gasteiger partial charge in [0, 0.05) is 57.7 Å². The summed E-state index contributed by atoms with van der Waals surface area (Å²) in [5.74, 6) is 1.54. The normalized spacial score (nSPS) is 14.7. The van der Waals surface area contributed by atoms with Crippen LogP contribution in [-0.4, -0.2) is 57.5 Å². The fourth-order valence-electron chi connectivity index (χ4n) is 4.42. The van der Waals surface area contributed by atoms with E-state index in [1.165, 1.54) is 10.7 Å². The Morgan fingerprint density at radius 3 is 2.52 bits per heavy atom. The van der Waals surface area contributed by atoms with Crippen LogP contribution >= 0.6 is 0 Å². The first kappa shape index (κ1) is 21.0. The molecule has 33 heavy (non-hydrogen) atoms. The van der Waals surface area contributed by atoms with Gasteiger partial charge >= 0.3 is 0 Å². The summed E-state index contributed by atoms with van der Waals surface area (Å²) in [6, 6.07) is 14.7. The number of aromatic nitrogens is 4. The van der Waals surface area contributed by atoms with Crippen molar-refractivity contribution in [2.45, 2.75) is 6.54 Å². The van der Waals surface area contributed by atoms with Gasteiger partial charge in [0.1, 0.15) is 17.3 Å². The molecule has 0 aliphatic carbocycles. The van der Waals surface area contributed by atoms with E-state index in [1.807, 2.05) is 36.4 Å². The average molecular weight is 447 g/mol. The van der Waals surface area contributed by atoms with E-state index in [0.29, 0.717) is 34.6 Å². The number of para-hydroxylation sites is 2. The van der Waals surface area contributed by atoms with Crippen molar-refractivity contribution in [2.24, 2.45) is 7.05 Å². The molecule has 5 rings (SSSR count). The largest absolute Gasteiger partial charge is 0.494 e. The van der Waals surface area contributed by atoms with Gasteiger partial charge in [-0.1, -0.05) is 18.2 Å². The molecule has 1 N–H and O–H groups in total. The molecule has 0 unspecified atom stereocenters. The Morgan fingerprint density at radius 1 is 1.03 bits per heavy atom. The predicted octanol–water partition coefficient (Wildman–Crippen LogP) is 1.74. The van der Waals surface area contributed by atoms with Gasteiger partial charge in [0.05, 0.1) is 18.0 Å². The van der Waals surface area contributed by atoms with Crippen molar-refractivity contribution in [3.05, 3.63) is 81.1 Å². The molecular formula is C24H26N6O3. The Labute approximate surface area is 190 Å². The summed E-state index contributed by atoms with van der Waals surface area (Å²) in [6.07, 6.45) is 1.80. The van der Waals surface area contributed by atoms with Crippen LogP contribution in [0.4, 0.5) is 5.82 Å². The number of rotatable bonds is 5. The minimum Gasteiger partial charge on any atom is -0.494 e. The molecule has 170 valence electrons. The lowest BCUT2D eigenvalue weighted by Crippen LogP contribution is -2.46. The van der Waals surface area contributed by atoms with Crippen LogP contribution in [0.2, 0.25) is 0 Å². The van der Waals surface area contributed by atoms with Crippen LogP contribution in [0.3, 0.4) is 0 Å². The number of methoxy groups -OCH3 is 1. The highest BCUT2D eigenvalue weighted by Crippen LogP contribution is 2.23. The van der Waals surface area contributed by atoms with Crippen molar-refractivity contribution in [1.82, 2.24) is 24.2 Å². The van der Waals surface area contributed by atoms with Gasteiger partial charge in [-0.2, -0.15) is 0 Å². The first-order valence-electron chi connectivity index (χ1n) is 10.9. The molecule has 0 spiro atoms. The first-order valence-corrected chi connectivity index (χ1v) is 10.9. The lowest BCUT2D eigenvalue weighted by Gasteiger charge is -2.35. The number of hydrogen-bond donors (Lipinski definition) is 1. The highest BCUT2D eigenvalue weighted by molar-refractivity contribution is 5.81. The molecule has 1 saturated heterocycles. The van der Waals surface area contributed by atoms with Crippen LogP contribution in [-0.2, 0) is 13.6 Å². The lowest BCUT2D eigenvalue weighted by molar-refractivity contribution is 0.244. The lowest BCUT2D eigenvalue weighted by atomic mass is 10.2. The van der Waals surface area contributed by atoms with Crippen molar-refractivity contribution in [3.63, 3.8) is 0 Å². The maximum atomic E-state index is 13.5. The second-order valence-corrected chi connectivity index (χ2v) is 8.15. The van der Waals surface area contributed by atoms with Crippen LogP contribution in [0.1, 0.15) is 5.69 Å². The molecule has 0 atom stereocenters. The van der Waals surface area contributed by atoms with Gasteiger partial charge < -0.3 is 14.2 Å². The maximum absolute atomic E-state index is 13.5. The zero-order chi connectivity index (χ0) is 22.9. The number of anilines is 1. The molecule has 4 heterocycles. The minimum absolute atomic E-state index is 0.155. The minimum atomic E-state index is -0.202. The molecule has 1 aromatic carbocycles. The summed E-state index contributed by atoms with van der Waals surface area (Å²) < 4.78 is 8.46. The van der Waals surface area contributed by atoms with Crippen molar-refractivity contribution < 1.29 is 4.74 Å². The van der Waals surface area contributed by atoms with Crippen LogP contribution in [0.5, 0.6) is 5.75 Å². The van der Waals surface area contributed by atoms with Crippen molar-refractivity contribution in [3.8, 4) is 11.4 Å². The molecule has 1 aliphatic rings. The van der Waals surface area contributed by atoms with Crippen molar-refractivity contribution in [2.75, 3.05) is 38.2 Å². The maximum Gasteiger partial charge on any atom is 0.281 e. The quantitative estimate of drug-likeness (QED) is 0.503. The predicted molar refractivity (Wildman–Crippen MR) is 127 cm³/mol. The molecule has 0 saturated carbocycles. The zero-order valence-electron chi connectivity index (χ0n) is 18.7. The van der Waals surface area contributed by atoms with Crippen LogP contribution in [0.15, 0.2) is 64.3 Å². The fraction of sp³-hybridized carbons (Fsp3) is 0.292. The molecule has 9 heteroatoms. The second-order valence-electron chi connectivity index (χ2n) is 8.15. The number of H-pyrrole nitrogens is 1. The molecule has 3 aromatic heterocycles. The number of aromatic amines is 1. The van der Waals surface area contributed by atoms with Gasteiger partial charge in [-0.25, -0.2) is 9.67 Å². The molecule has 4 aromatic rings. The summed E-state index contributed by atoms with van der Waals surface area (Å²) in [7, 11) is 3.29. The van der Waals surface area contributed by atoms with E-state index in [-0.39, 0.29) is 11.1 Å². The number of piperazine rings is 1. The standard InChI is InChI=1S/C24H26N6O3/c1-27-19(16-28-11-13-29(14-12-28)21-9-5-6-10-25-21)23-17(15-22(27)31)26-30(24(23)32)18-7-3-4-8-20(18)33-2/h3-10,15,26H,11-14,16H2,1-2H3. The molecule has 0 bridgehead atoms. The number of nitrogens with zero attached hydrogens (tertiary/aromatic N) is 5. The Morgan fingerprint density at radius 2 is 1.79 bits per heavy atom. The van der Waals surface area contributed by atoms with Gasteiger partial charge in [0.15, 0.2) is 0 Å². The summed E-state index contributed by atoms with van der Waals surface area (Å²) >= 11 is 0. The van der Waals surface area contributed by atoms with E-state index in [9.17, 15) is 9.59 Å². The second kappa shape index (κ2) is 8.59.